The van der Waals surface area contributed by atoms with Crippen LogP contribution in [0.5, 0.6) is 0 Å². The lowest BCUT2D eigenvalue weighted by molar-refractivity contribution is 0.445. The maximum absolute atomic E-state index is 12.5. The lowest BCUT2D eigenvalue weighted by Gasteiger charge is -2.07. The molecule has 0 aliphatic rings. The van der Waals surface area contributed by atoms with Gasteiger partial charge in [0.2, 0.25) is 28.2 Å². The number of pyridine rings is 1. The predicted molar refractivity (Wildman–Crippen MR) is 114 cm³/mol. The summed E-state index contributed by atoms with van der Waals surface area (Å²) in [5.74, 6) is -0.260. The van der Waals surface area contributed by atoms with E-state index in [-0.39, 0.29) is 28.9 Å². The zero-order chi connectivity index (χ0) is 22.2. The third-order valence-electron chi connectivity index (χ3n) is 4.24. The molecule has 162 valence electrons. The van der Waals surface area contributed by atoms with Crippen LogP contribution < -0.4 is 10.3 Å². The Morgan fingerprint density at radius 2 is 1.97 bits per heavy atom. The predicted octanol–water partition coefficient (Wildman–Crippen LogP) is 0.785. The van der Waals surface area contributed by atoms with Crippen LogP contribution in [0.15, 0.2) is 45.7 Å². The first-order valence-corrected chi connectivity index (χ1v) is 12.6. The van der Waals surface area contributed by atoms with Gasteiger partial charge in [-0.2, -0.15) is 0 Å². The van der Waals surface area contributed by atoms with Gasteiger partial charge in [-0.15, -0.1) is 21.5 Å². The molecule has 0 saturated heterocycles. The quantitative estimate of drug-likeness (QED) is 0.323. The Morgan fingerprint density at radius 1 is 1.19 bits per heavy atom. The topological polar surface area (TPSA) is 165 Å². The van der Waals surface area contributed by atoms with Crippen LogP contribution in [-0.2, 0) is 27.3 Å². The molecule has 0 amide bonds. The molecule has 0 radical (unpaired) electrons. The number of hydrogen-bond acceptors (Lipinski definition) is 10. The van der Waals surface area contributed by atoms with Crippen LogP contribution in [0.4, 0.5) is 0 Å². The third-order valence-corrected chi connectivity index (χ3v) is 7.17. The first-order chi connectivity index (χ1) is 14.7. The summed E-state index contributed by atoms with van der Waals surface area (Å²) in [7, 11) is -6.59. The number of fused-ring (bicyclic) bond motifs is 1. The summed E-state index contributed by atoms with van der Waals surface area (Å²) in [5, 5.41) is 6.44. The van der Waals surface area contributed by atoms with Gasteiger partial charge in [-0.25, -0.2) is 26.5 Å². The Morgan fingerprint density at radius 3 is 2.65 bits per heavy atom. The number of rotatable bonds is 7. The zero-order valence-electron chi connectivity index (χ0n) is 15.8. The molecule has 0 aliphatic heterocycles. The minimum atomic E-state index is -3.73. The van der Waals surface area contributed by atoms with E-state index in [1.807, 2.05) is 12.1 Å². The molecule has 31 heavy (non-hydrogen) atoms. The number of nitrogens with one attached hydrogen (secondary N) is 2. The summed E-state index contributed by atoms with van der Waals surface area (Å²) in [5.41, 5.74) is 2.00. The molecule has 4 rings (SSSR count). The highest BCUT2D eigenvalue weighted by molar-refractivity contribution is 7.91. The van der Waals surface area contributed by atoms with Crippen molar-refractivity contribution in [2.24, 2.45) is 0 Å². The van der Waals surface area contributed by atoms with Crippen LogP contribution in [0.1, 0.15) is 22.0 Å². The van der Waals surface area contributed by atoms with Crippen molar-refractivity contribution in [1.82, 2.24) is 24.9 Å². The van der Waals surface area contributed by atoms with Crippen LogP contribution in [0, 0.1) is 0 Å². The first kappa shape index (κ1) is 21.3. The third kappa shape index (κ3) is 4.71. The molecule has 0 fully saturated rings. The molecular formula is C17H15N5O6S3. The fourth-order valence-electron chi connectivity index (χ4n) is 2.87. The van der Waals surface area contributed by atoms with Crippen LogP contribution in [0.2, 0.25) is 0 Å². The standard InChI is InChI=1S/C17H15N5O6S3/c1-31(26,27)15(16-22-21-14(28-16)8-19-30(24)25)17-20-11-4-2-9(6-12(11)29-17)10-3-5-13(23)18-7-10/h2-7,15,30H,8H2,1H3,(H,18,23)(H,19,24,25). The Balaban J connectivity index is 1.73. The Hall–Kier alpha value is -2.94. The highest BCUT2D eigenvalue weighted by Gasteiger charge is 2.33. The summed E-state index contributed by atoms with van der Waals surface area (Å²) >= 11 is 1.16. The minimum Gasteiger partial charge on any atom is -0.422 e. The van der Waals surface area contributed by atoms with E-state index in [0.717, 1.165) is 33.4 Å². The highest BCUT2D eigenvalue weighted by atomic mass is 32.2. The van der Waals surface area contributed by atoms with E-state index in [1.165, 1.54) is 6.07 Å². The molecule has 11 nitrogen and oxygen atoms in total. The van der Waals surface area contributed by atoms with Gasteiger partial charge in [-0.05, 0) is 29.3 Å². The Labute approximate surface area is 181 Å². The summed E-state index contributed by atoms with van der Waals surface area (Å²) in [4.78, 5) is 18.3. The van der Waals surface area contributed by atoms with E-state index in [1.54, 1.807) is 18.3 Å². The molecule has 3 aromatic heterocycles. The lowest BCUT2D eigenvalue weighted by Crippen LogP contribution is -2.13. The number of thiol groups is 1. The van der Waals surface area contributed by atoms with Crippen molar-refractivity contribution in [2.45, 2.75) is 11.8 Å². The number of thiazole rings is 1. The number of benzene rings is 1. The summed E-state index contributed by atoms with van der Waals surface area (Å²) < 4.78 is 54.5. The maximum Gasteiger partial charge on any atom is 0.247 e. The second kappa shape index (κ2) is 8.30. The molecule has 3 heterocycles. The van der Waals surface area contributed by atoms with Crippen molar-refractivity contribution in [3.05, 3.63) is 63.7 Å². The molecule has 0 bridgehead atoms. The van der Waals surface area contributed by atoms with E-state index in [0.29, 0.717) is 5.52 Å². The van der Waals surface area contributed by atoms with Crippen molar-refractivity contribution in [3.8, 4) is 11.1 Å². The summed E-state index contributed by atoms with van der Waals surface area (Å²) in [6.45, 7) is -0.245. The molecule has 4 aromatic rings. The van der Waals surface area contributed by atoms with E-state index >= 15 is 0 Å². The van der Waals surface area contributed by atoms with Crippen LogP contribution in [0.25, 0.3) is 21.3 Å². The molecule has 0 aliphatic carbocycles. The van der Waals surface area contributed by atoms with Crippen molar-refractivity contribution < 1.29 is 21.3 Å². The average molecular weight is 482 g/mol. The first-order valence-electron chi connectivity index (χ1n) is 8.69. The van der Waals surface area contributed by atoms with Gasteiger partial charge in [-0.3, -0.25) is 4.79 Å². The van der Waals surface area contributed by atoms with Gasteiger partial charge in [0, 0.05) is 18.5 Å². The number of aromatic amines is 1. The van der Waals surface area contributed by atoms with Gasteiger partial charge in [0.1, 0.15) is 5.01 Å². The van der Waals surface area contributed by atoms with E-state index in [9.17, 15) is 21.6 Å². The lowest BCUT2D eigenvalue weighted by atomic mass is 10.1. The second-order valence-corrected chi connectivity index (χ2v) is 10.5. The van der Waals surface area contributed by atoms with Crippen molar-refractivity contribution in [2.75, 3.05) is 6.26 Å². The molecule has 1 atom stereocenters. The van der Waals surface area contributed by atoms with E-state index in [4.69, 9.17) is 4.42 Å². The van der Waals surface area contributed by atoms with Gasteiger partial charge in [-0.1, -0.05) is 6.07 Å². The van der Waals surface area contributed by atoms with E-state index in [2.05, 4.69) is 24.9 Å². The average Bonchev–Trinajstić information content (AvgIpc) is 3.32. The largest absolute Gasteiger partial charge is 0.422 e. The van der Waals surface area contributed by atoms with Crippen molar-refractivity contribution in [3.63, 3.8) is 0 Å². The van der Waals surface area contributed by atoms with Crippen LogP contribution >= 0.6 is 11.3 Å². The van der Waals surface area contributed by atoms with Gasteiger partial charge < -0.3 is 9.40 Å². The number of aromatic nitrogens is 4. The fourth-order valence-corrected chi connectivity index (χ4v) is 5.67. The van der Waals surface area contributed by atoms with Crippen LogP contribution in [0.3, 0.4) is 0 Å². The molecule has 2 N–H and O–H groups in total. The second-order valence-electron chi connectivity index (χ2n) is 6.51. The molecule has 1 aromatic carbocycles. The van der Waals surface area contributed by atoms with Gasteiger partial charge in [0.05, 0.1) is 16.8 Å². The zero-order valence-corrected chi connectivity index (χ0v) is 18.3. The fraction of sp³-hybridized carbons (Fsp3) is 0.176. The molecule has 0 saturated carbocycles. The highest BCUT2D eigenvalue weighted by Crippen LogP contribution is 2.36. The number of hydrogen-bond donors (Lipinski definition) is 3. The molecular weight excluding hydrogens is 466 g/mol. The number of nitrogens with zero attached hydrogens (tertiary/aromatic N) is 3. The van der Waals surface area contributed by atoms with Crippen LogP contribution in [-0.4, -0.2) is 43.3 Å². The molecule has 0 spiro atoms. The number of sulfone groups is 1. The smallest absolute Gasteiger partial charge is 0.247 e. The van der Waals surface area contributed by atoms with E-state index < -0.39 is 26.0 Å². The molecule has 14 heteroatoms. The summed E-state index contributed by atoms with van der Waals surface area (Å²) in [6.07, 6.45) is 2.63. The van der Waals surface area contributed by atoms with Gasteiger partial charge in [0.25, 0.3) is 0 Å². The normalized spacial score (nSPS) is 13.1. The Bertz CT molecular complexity index is 1470. The van der Waals surface area contributed by atoms with Crippen molar-refractivity contribution in [1.29, 1.82) is 0 Å². The molecule has 1 unspecified atom stereocenters. The Kier molecular flexibility index (Phi) is 5.70. The maximum atomic E-state index is 12.5. The minimum absolute atomic E-state index is 0.0654. The van der Waals surface area contributed by atoms with Gasteiger partial charge >= 0.3 is 0 Å². The van der Waals surface area contributed by atoms with Gasteiger partial charge in [0.15, 0.2) is 15.1 Å². The summed E-state index contributed by atoms with van der Waals surface area (Å²) in [6, 6.07) is 8.52. The SMILES string of the molecule is CS(=O)(=O)C(c1nnc(CN[SH](=O)=O)o1)c1nc2ccc(-c3ccc(=O)[nH]c3)cc2s1. The monoisotopic (exact) mass is 481 g/mol. The van der Waals surface area contributed by atoms with Crippen molar-refractivity contribution >= 4 is 42.3 Å². The number of H-pyrrole nitrogens is 1.